The lowest BCUT2D eigenvalue weighted by molar-refractivity contribution is -0.384. The topological polar surface area (TPSA) is 96.0 Å². The van der Waals surface area contributed by atoms with Crippen LogP contribution in [0.4, 0.5) is 5.69 Å². The summed E-state index contributed by atoms with van der Waals surface area (Å²) < 4.78 is 0. The number of nitriles is 1. The number of carbonyl (C=O) groups excluding carboxylic acids is 1. The van der Waals surface area contributed by atoms with Gasteiger partial charge in [-0.05, 0) is 42.2 Å². The SMILES string of the molecule is N#C/C(=C/c1ccc([N+](=O)[O-])cc1)C(=O)NCCCc1ccccc1. The van der Waals surface area contributed by atoms with Crippen LogP contribution < -0.4 is 5.32 Å². The van der Waals surface area contributed by atoms with Gasteiger partial charge in [0, 0.05) is 18.7 Å². The van der Waals surface area contributed by atoms with E-state index in [9.17, 15) is 14.9 Å². The second-order valence-corrected chi connectivity index (χ2v) is 5.36. The molecule has 0 saturated carbocycles. The summed E-state index contributed by atoms with van der Waals surface area (Å²) in [6, 6.07) is 17.5. The minimum absolute atomic E-state index is 0.0337. The number of hydrogen-bond donors (Lipinski definition) is 1. The van der Waals surface area contributed by atoms with Gasteiger partial charge in [0.1, 0.15) is 11.6 Å². The highest BCUT2D eigenvalue weighted by molar-refractivity contribution is 6.01. The molecule has 6 heteroatoms. The van der Waals surface area contributed by atoms with Crippen LogP contribution in [-0.4, -0.2) is 17.4 Å². The highest BCUT2D eigenvalue weighted by Crippen LogP contribution is 2.14. The molecular weight excluding hydrogens is 318 g/mol. The van der Waals surface area contributed by atoms with Crippen LogP contribution in [0, 0.1) is 21.4 Å². The molecule has 6 nitrogen and oxygen atoms in total. The Morgan fingerprint density at radius 1 is 1.16 bits per heavy atom. The second kappa shape index (κ2) is 8.99. The third-order valence-electron chi connectivity index (χ3n) is 3.55. The van der Waals surface area contributed by atoms with Crippen LogP contribution in [0.2, 0.25) is 0 Å². The Labute approximate surface area is 145 Å². The Kier molecular flexibility index (Phi) is 6.43. The van der Waals surface area contributed by atoms with Gasteiger partial charge in [0.2, 0.25) is 0 Å². The van der Waals surface area contributed by atoms with Crippen LogP contribution in [0.25, 0.3) is 6.08 Å². The fourth-order valence-corrected chi connectivity index (χ4v) is 2.24. The molecule has 2 aromatic carbocycles. The molecule has 0 spiro atoms. The number of hydrogen-bond acceptors (Lipinski definition) is 4. The second-order valence-electron chi connectivity index (χ2n) is 5.36. The standard InChI is InChI=1S/C19H17N3O3/c20-14-17(13-16-8-10-18(11-9-16)22(24)25)19(23)21-12-4-7-15-5-2-1-3-6-15/h1-3,5-6,8-11,13H,4,7,12H2,(H,21,23)/b17-13-. The van der Waals surface area contributed by atoms with Crippen LogP contribution in [-0.2, 0) is 11.2 Å². The van der Waals surface area contributed by atoms with Crippen LogP contribution in [0.15, 0.2) is 60.2 Å². The lowest BCUT2D eigenvalue weighted by atomic mass is 10.1. The molecule has 0 fully saturated rings. The number of benzene rings is 2. The number of rotatable bonds is 7. The van der Waals surface area contributed by atoms with Crippen molar-refractivity contribution < 1.29 is 9.72 Å². The number of amides is 1. The molecule has 0 aliphatic heterocycles. The molecule has 2 aromatic rings. The molecule has 0 aromatic heterocycles. The number of aryl methyl sites for hydroxylation is 1. The largest absolute Gasteiger partial charge is 0.351 e. The Morgan fingerprint density at radius 3 is 2.44 bits per heavy atom. The van der Waals surface area contributed by atoms with E-state index in [4.69, 9.17) is 5.26 Å². The Morgan fingerprint density at radius 2 is 1.84 bits per heavy atom. The van der Waals surface area contributed by atoms with Gasteiger partial charge >= 0.3 is 0 Å². The van der Waals surface area contributed by atoms with Crippen LogP contribution >= 0.6 is 0 Å². The minimum atomic E-state index is -0.502. The molecule has 25 heavy (non-hydrogen) atoms. The number of carbonyl (C=O) groups is 1. The first-order chi connectivity index (χ1) is 12.1. The van der Waals surface area contributed by atoms with E-state index in [-0.39, 0.29) is 11.3 Å². The lowest BCUT2D eigenvalue weighted by Crippen LogP contribution is -2.25. The summed E-state index contributed by atoms with van der Waals surface area (Å²) in [6.45, 7) is 0.465. The van der Waals surface area contributed by atoms with Gasteiger partial charge in [0.25, 0.3) is 11.6 Å². The van der Waals surface area contributed by atoms with Crippen molar-refractivity contribution in [3.05, 3.63) is 81.4 Å². The van der Waals surface area contributed by atoms with E-state index >= 15 is 0 Å². The molecule has 0 bridgehead atoms. The first-order valence-corrected chi connectivity index (χ1v) is 7.78. The molecule has 1 N–H and O–H groups in total. The average molecular weight is 335 g/mol. The minimum Gasteiger partial charge on any atom is -0.351 e. The Balaban J connectivity index is 1.89. The number of nitro groups is 1. The third-order valence-corrected chi connectivity index (χ3v) is 3.55. The first kappa shape index (κ1) is 17.9. The van der Waals surface area contributed by atoms with E-state index < -0.39 is 10.8 Å². The third kappa shape index (κ3) is 5.59. The summed E-state index contributed by atoms with van der Waals surface area (Å²) in [5.74, 6) is -0.450. The zero-order chi connectivity index (χ0) is 18.1. The maximum absolute atomic E-state index is 12.1. The van der Waals surface area contributed by atoms with Crippen molar-refractivity contribution in [3.63, 3.8) is 0 Å². The van der Waals surface area contributed by atoms with Gasteiger partial charge in [-0.15, -0.1) is 0 Å². The quantitative estimate of drug-likeness (QED) is 0.276. The summed E-state index contributed by atoms with van der Waals surface area (Å²) in [5, 5.41) is 22.5. The van der Waals surface area contributed by atoms with Gasteiger partial charge in [-0.25, -0.2) is 0 Å². The van der Waals surface area contributed by atoms with E-state index in [0.717, 1.165) is 12.8 Å². The van der Waals surface area contributed by atoms with Gasteiger partial charge in [-0.3, -0.25) is 14.9 Å². The summed E-state index contributed by atoms with van der Waals surface area (Å²) in [5.41, 5.74) is 1.68. The van der Waals surface area contributed by atoms with E-state index in [1.54, 1.807) is 0 Å². The zero-order valence-electron chi connectivity index (χ0n) is 13.5. The molecule has 0 aliphatic rings. The normalized spacial score (nSPS) is 10.8. The molecule has 0 radical (unpaired) electrons. The molecule has 0 aliphatic carbocycles. The van der Waals surface area contributed by atoms with Gasteiger partial charge in [0.05, 0.1) is 4.92 Å². The van der Waals surface area contributed by atoms with Crippen molar-refractivity contribution >= 4 is 17.7 Å². The van der Waals surface area contributed by atoms with Crippen LogP contribution in [0.1, 0.15) is 17.5 Å². The van der Waals surface area contributed by atoms with Crippen LogP contribution in [0.3, 0.4) is 0 Å². The molecule has 0 heterocycles. The van der Waals surface area contributed by atoms with E-state index in [1.807, 2.05) is 36.4 Å². The number of nitrogens with one attached hydrogen (secondary N) is 1. The zero-order valence-corrected chi connectivity index (χ0v) is 13.5. The van der Waals surface area contributed by atoms with Crippen molar-refractivity contribution in [1.29, 1.82) is 5.26 Å². The van der Waals surface area contributed by atoms with E-state index in [2.05, 4.69) is 5.32 Å². The molecule has 0 atom stereocenters. The monoisotopic (exact) mass is 335 g/mol. The Hall–Kier alpha value is -3.46. The lowest BCUT2D eigenvalue weighted by Gasteiger charge is -2.05. The predicted octanol–water partition coefficient (Wildman–Crippen LogP) is 3.25. The fraction of sp³-hybridized carbons (Fsp3) is 0.158. The van der Waals surface area contributed by atoms with Crippen molar-refractivity contribution in [2.45, 2.75) is 12.8 Å². The van der Waals surface area contributed by atoms with Crippen molar-refractivity contribution in [3.8, 4) is 6.07 Å². The van der Waals surface area contributed by atoms with Gasteiger partial charge < -0.3 is 5.32 Å². The number of nitrogens with zero attached hydrogens (tertiary/aromatic N) is 2. The molecular formula is C19H17N3O3. The molecule has 1 amide bonds. The maximum atomic E-state index is 12.1. The highest BCUT2D eigenvalue weighted by atomic mass is 16.6. The van der Waals surface area contributed by atoms with Crippen molar-refractivity contribution in [1.82, 2.24) is 5.32 Å². The van der Waals surface area contributed by atoms with Crippen molar-refractivity contribution in [2.75, 3.05) is 6.54 Å². The van der Waals surface area contributed by atoms with Gasteiger partial charge in [0.15, 0.2) is 0 Å². The smallest absolute Gasteiger partial charge is 0.269 e. The number of nitro benzene ring substituents is 1. The van der Waals surface area contributed by atoms with Gasteiger partial charge in [-0.1, -0.05) is 30.3 Å². The first-order valence-electron chi connectivity index (χ1n) is 7.78. The van der Waals surface area contributed by atoms with Gasteiger partial charge in [-0.2, -0.15) is 5.26 Å². The number of non-ortho nitro benzene ring substituents is 1. The Bertz CT molecular complexity index is 806. The van der Waals surface area contributed by atoms with Crippen molar-refractivity contribution in [2.24, 2.45) is 0 Å². The summed E-state index contributed by atoms with van der Waals surface area (Å²) >= 11 is 0. The summed E-state index contributed by atoms with van der Waals surface area (Å²) in [6.07, 6.45) is 3.03. The fourth-order valence-electron chi connectivity index (χ4n) is 2.24. The highest BCUT2D eigenvalue weighted by Gasteiger charge is 2.09. The predicted molar refractivity (Wildman–Crippen MR) is 94.5 cm³/mol. The summed E-state index contributed by atoms with van der Waals surface area (Å²) in [4.78, 5) is 22.2. The van der Waals surface area contributed by atoms with Crippen LogP contribution in [0.5, 0.6) is 0 Å². The molecule has 126 valence electrons. The van der Waals surface area contributed by atoms with E-state index in [1.165, 1.54) is 35.9 Å². The molecule has 0 unspecified atom stereocenters. The summed E-state index contributed by atoms with van der Waals surface area (Å²) in [7, 11) is 0. The maximum Gasteiger partial charge on any atom is 0.269 e. The molecule has 0 saturated heterocycles. The van der Waals surface area contributed by atoms with E-state index in [0.29, 0.717) is 12.1 Å². The average Bonchev–Trinajstić information content (AvgIpc) is 2.64. The molecule has 2 rings (SSSR count).